The molecule has 0 radical (unpaired) electrons. The average molecular weight is 271 g/mol. The number of hydrogen-bond acceptors (Lipinski definition) is 4. The fourth-order valence-electron chi connectivity index (χ4n) is 1.19. The van der Waals surface area contributed by atoms with Crippen molar-refractivity contribution in [3.8, 4) is 6.07 Å². The molecule has 0 amide bonds. The lowest BCUT2D eigenvalue weighted by Crippen LogP contribution is -2.44. The second-order valence-corrected chi connectivity index (χ2v) is 6.29. The molecule has 0 rings (SSSR count). The average Bonchev–Trinajstić information content (AvgIpc) is 2.28. The SMILES string of the molecule is CO[Si](CCC#N)(OC)OCCCC(F)(F)F. The topological polar surface area (TPSA) is 51.5 Å². The molecule has 0 aromatic heterocycles. The van der Waals surface area contributed by atoms with Crippen LogP contribution in [0.4, 0.5) is 13.2 Å². The van der Waals surface area contributed by atoms with Gasteiger partial charge in [-0.3, -0.25) is 0 Å². The van der Waals surface area contributed by atoms with Crippen LogP contribution in [0.5, 0.6) is 0 Å². The Kier molecular flexibility index (Phi) is 7.37. The van der Waals surface area contributed by atoms with Gasteiger partial charge in [0.25, 0.3) is 0 Å². The smallest absolute Gasteiger partial charge is 0.377 e. The summed E-state index contributed by atoms with van der Waals surface area (Å²) >= 11 is 0. The van der Waals surface area contributed by atoms with Gasteiger partial charge in [-0.05, 0) is 6.42 Å². The Bertz CT molecular complexity index is 251. The van der Waals surface area contributed by atoms with E-state index in [0.717, 1.165) is 0 Å². The first-order valence-electron chi connectivity index (χ1n) is 5.07. The van der Waals surface area contributed by atoms with Crippen LogP contribution in [0, 0.1) is 11.3 Å². The number of nitriles is 1. The predicted octanol–water partition coefficient (Wildman–Crippen LogP) is 2.49. The van der Waals surface area contributed by atoms with E-state index in [0.29, 0.717) is 0 Å². The molecule has 4 nitrogen and oxygen atoms in total. The van der Waals surface area contributed by atoms with Gasteiger partial charge in [0.15, 0.2) is 0 Å². The van der Waals surface area contributed by atoms with Gasteiger partial charge in [0, 0.05) is 39.7 Å². The third-order valence-corrected chi connectivity index (χ3v) is 4.84. The molecular weight excluding hydrogens is 255 g/mol. The van der Waals surface area contributed by atoms with E-state index >= 15 is 0 Å². The lowest BCUT2D eigenvalue weighted by Gasteiger charge is -2.25. The van der Waals surface area contributed by atoms with Gasteiger partial charge in [0.2, 0.25) is 0 Å². The van der Waals surface area contributed by atoms with E-state index in [1.807, 2.05) is 6.07 Å². The van der Waals surface area contributed by atoms with Crippen LogP contribution in [0.1, 0.15) is 19.3 Å². The van der Waals surface area contributed by atoms with Crippen molar-refractivity contribution in [2.75, 3.05) is 20.8 Å². The zero-order valence-corrected chi connectivity index (χ0v) is 10.8. The van der Waals surface area contributed by atoms with Gasteiger partial charge in [0.05, 0.1) is 6.07 Å². The van der Waals surface area contributed by atoms with Crippen LogP contribution in [-0.2, 0) is 13.3 Å². The molecule has 0 aliphatic carbocycles. The first kappa shape index (κ1) is 16.4. The second-order valence-electron chi connectivity index (χ2n) is 3.32. The first-order chi connectivity index (χ1) is 7.89. The fourth-order valence-corrected chi connectivity index (χ4v) is 3.02. The summed E-state index contributed by atoms with van der Waals surface area (Å²) in [6, 6.07) is 2.20. The molecule has 0 atom stereocenters. The molecule has 0 N–H and O–H groups in total. The van der Waals surface area contributed by atoms with Crippen LogP contribution < -0.4 is 0 Å². The number of halogens is 3. The summed E-state index contributed by atoms with van der Waals surface area (Å²) in [5, 5.41) is 8.46. The summed E-state index contributed by atoms with van der Waals surface area (Å²) in [4.78, 5) is 0. The monoisotopic (exact) mass is 271 g/mol. The van der Waals surface area contributed by atoms with E-state index in [1.54, 1.807) is 0 Å². The fraction of sp³-hybridized carbons (Fsp3) is 0.889. The third kappa shape index (κ3) is 7.33. The molecule has 0 aromatic rings. The van der Waals surface area contributed by atoms with E-state index < -0.39 is 21.4 Å². The summed E-state index contributed by atoms with van der Waals surface area (Å²) in [5.41, 5.74) is 0. The van der Waals surface area contributed by atoms with Crippen molar-refractivity contribution in [2.24, 2.45) is 0 Å². The molecule has 0 fully saturated rings. The van der Waals surface area contributed by atoms with Crippen LogP contribution in [0.15, 0.2) is 0 Å². The predicted molar refractivity (Wildman–Crippen MR) is 56.1 cm³/mol. The summed E-state index contributed by atoms with van der Waals surface area (Å²) in [6.07, 6.45) is -5.03. The molecule has 0 aliphatic rings. The van der Waals surface area contributed by atoms with Crippen LogP contribution >= 0.6 is 0 Å². The van der Waals surface area contributed by atoms with Gasteiger partial charge in [-0.15, -0.1) is 0 Å². The molecule has 0 aromatic carbocycles. The van der Waals surface area contributed by atoms with Gasteiger partial charge in [0.1, 0.15) is 0 Å². The van der Waals surface area contributed by atoms with Crippen molar-refractivity contribution in [1.82, 2.24) is 0 Å². The number of rotatable bonds is 8. The van der Waals surface area contributed by atoms with Crippen molar-refractivity contribution in [2.45, 2.75) is 31.5 Å². The largest absolute Gasteiger partial charge is 0.501 e. The Morgan fingerprint density at radius 3 is 2.24 bits per heavy atom. The van der Waals surface area contributed by atoms with Crippen molar-refractivity contribution in [3.05, 3.63) is 0 Å². The van der Waals surface area contributed by atoms with Gasteiger partial charge in [-0.2, -0.15) is 18.4 Å². The second kappa shape index (κ2) is 7.65. The molecule has 0 unspecified atom stereocenters. The Labute approximate surface area is 99.6 Å². The lowest BCUT2D eigenvalue weighted by molar-refractivity contribution is -0.137. The minimum absolute atomic E-state index is 0.0845. The summed E-state index contributed by atoms with van der Waals surface area (Å²) in [7, 11) is -0.207. The molecule has 0 bridgehead atoms. The molecule has 8 heteroatoms. The maximum Gasteiger partial charge on any atom is 0.501 e. The molecule has 0 aliphatic heterocycles. The van der Waals surface area contributed by atoms with E-state index in [-0.39, 0.29) is 25.5 Å². The van der Waals surface area contributed by atoms with Crippen molar-refractivity contribution < 1.29 is 26.4 Å². The van der Waals surface area contributed by atoms with E-state index in [1.165, 1.54) is 14.2 Å². The maximum atomic E-state index is 11.9. The standard InChI is InChI=1S/C9H16F3NO3Si/c1-14-17(15-2,8-4-6-13)16-7-3-5-9(10,11)12/h3-5,7-8H2,1-2H3. The normalized spacial score (nSPS) is 12.5. The zero-order valence-electron chi connectivity index (χ0n) is 9.84. The van der Waals surface area contributed by atoms with E-state index in [9.17, 15) is 13.2 Å². The van der Waals surface area contributed by atoms with Crippen LogP contribution in [0.25, 0.3) is 0 Å². The highest BCUT2D eigenvalue weighted by Crippen LogP contribution is 2.22. The van der Waals surface area contributed by atoms with Crippen LogP contribution in [0.3, 0.4) is 0 Å². The van der Waals surface area contributed by atoms with Crippen LogP contribution in [0.2, 0.25) is 6.04 Å². The zero-order chi connectivity index (χ0) is 13.4. The van der Waals surface area contributed by atoms with Gasteiger partial charge < -0.3 is 13.3 Å². The van der Waals surface area contributed by atoms with E-state index in [4.69, 9.17) is 18.5 Å². The minimum Gasteiger partial charge on any atom is -0.377 e. The summed E-state index contributed by atoms with van der Waals surface area (Å²) < 4.78 is 51.1. The van der Waals surface area contributed by atoms with Crippen molar-refractivity contribution in [1.29, 1.82) is 5.26 Å². The lowest BCUT2D eigenvalue weighted by atomic mass is 10.3. The molecule has 0 heterocycles. The Morgan fingerprint density at radius 1 is 1.24 bits per heavy atom. The van der Waals surface area contributed by atoms with Crippen molar-refractivity contribution >= 4 is 8.80 Å². The van der Waals surface area contributed by atoms with Crippen molar-refractivity contribution in [3.63, 3.8) is 0 Å². The number of nitrogens with zero attached hydrogens (tertiary/aromatic N) is 1. The van der Waals surface area contributed by atoms with Gasteiger partial charge >= 0.3 is 15.0 Å². The van der Waals surface area contributed by atoms with Gasteiger partial charge in [-0.1, -0.05) is 0 Å². The number of alkyl halides is 3. The van der Waals surface area contributed by atoms with E-state index in [2.05, 4.69) is 0 Å². The third-order valence-electron chi connectivity index (χ3n) is 2.09. The first-order valence-corrected chi connectivity index (χ1v) is 7.00. The minimum atomic E-state index is -4.18. The molecule has 0 spiro atoms. The molecule has 0 saturated carbocycles. The highest BCUT2D eigenvalue weighted by molar-refractivity contribution is 6.60. The maximum absolute atomic E-state index is 11.9. The highest BCUT2D eigenvalue weighted by atomic mass is 28.4. The summed E-state index contributed by atoms with van der Waals surface area (Å²) in [6.45, 7) is -0.0845. The molecule has 17 heavy (non-hydrogen) atoms. The quantitative estimate of drug-likeness (QED) is 0.503. The summed E-state index contributed by atoms with van der Waals surface area (Å²) in [5.74, 6) is 0. The Hall–Kier alpha value is -0.623. The Balaban J connectivity index is 4.05. The molecule has 100 valence electrons. The molecular formula is C9H16F3NO3Si. The van der Waals surface area contributed by atoms with Gasteiger partial charge in [-0.25, -0.2) is 0 Å². The Morgan fingerprint density at radius 2 is 1.82 bits per heavy atom. The highest BCUT2D eigenvalue weighted by Gasteiger charge is 2.38. The number of hydrogen-bond donors (Lipinski definition) is 0. The van der Waals surface area contributed by atoms with Crippen LogP contribution in [-0.4, -0.2) is 35.8 Å². The molecule has 0 saturated heterocycles.